The molecular weight excluding hydrogens is 462 g/mol. The third-order valence-corrected chi connectivity index (χ3v) is 3.02. The van der Waals surface area contributed by atoms with Gasteiger partial charge in [0.25, 0.3) is 0 Å². The zero-order valence-corrected chi connectivity index (χ0v) is 12.0. The van der Waals surface area contributed by atoms with Crippen LogP contribution in [0.2, 0.25) is 0 Å². The Bertz CT molecular complexity index is 592. The summed E-state index contributed by atoms with van der Waals surface area (Å²) < 4.78 is 227. The third kappa shape index (κ3) is 3.15. The van der Waals surface area contributed by atoms with Crippen LogP contribution in [0.3, 0.4) is 0 Å². The van der Waals surface area contributed by atoms with Crippen LogP contribution < -0.4 is 0 Å². The Labute approximate surface area is 140 Å². The van der Waals surface area contributed by atoms with Crippen LogP contribution in [0.1, 0.15) is 0 Å². The minimum absolute atomic E-state index is 1.69. The molecule has 18 heteroatoms. The van der Waals surface area contributed by atoms with Crippen molar-refractivity contribution < 1.29 is 79.0 Å². The van der Waals surface area contributed by atoms with E-state index < -0.39 is 60.0 Å². The lowest BCUT2D eigenvalue weighted by molar-refractivity contribution is -0.459. The first-order valence-corrected chi connectivity index (χ1v) is 5.80. The Morgan fingerprint density at radius 1 is 0.357 bits per heavy atom. The summed E-state index contributed by atoms with van der Waals surface area (Å²) in [6.07, 6.45) is -11.4. The van der Waals surface area contributed by atoms with Crippen molar-refractivity contribution in [2.24, 2.45) is 0 Å². The summed E-state index contributed by atoms with van der Waals surface area (Å²) in [4.78, 5) is 0. The van der Waals surface area contributed by atoms with Gasteiger partial charge in [-0.25, -0.2) is 4.39 Å². The summed E-state index contributed by atoms with van der Waals surface area (Å²) in [6.45, 7) is 0. The van der Waals surface area contributed by atoms with Gasteiger partial charge in [-0.05, 0) is 0 Å². The molecule has 0 aliphatic carbocycles. The highest BCUT2D eigenvalue weighted by atomic mass is 19.4. The van der Waals surface area contributed by atoms with E-state index in [4.69, 9.17) is 0 Å². The number of hydrogen-bond donors (Lipinski definition) is 0. The van der Waals surface area contributed by atoms with Gasteiger partial charge < -0.3 is 0 Å². The second-order valence-corrected chi connectivity index (χ2v) is 4.86. The molecule has 28 heavy (non-hydrogen) atoms. The quantitative estimate of drug-likeness (QED) is 0.379. The lowest BCUT2D eigenvalue weighted by Gasteiger charge is -2.42. The molecular formula is C10H2F18. The number of allylic oxidation sites excluding steroid dienone is 1. The average molecular weight is 464 g/mol. The van der Waals surface area contributed by atoms with Crippen molar-refractivity contribution in [1.82, 2.24) is 0 Å². The van der Waals surface area contributed by atoms with Gasteiger partial charge in [0.1, 0.15) is 0 Å². The maximum absolute atomic E-state index is 13.0. The molecule has 0 saturated heterocycles. The molecule has 0 bridgehead atoms. The van der Waals surface area contributed by atoms with Crippen LogP contribution >= 0.6 is 0 Å². The molecule has 0 radical (unpaired) electrons. The molecule has 0 amide bonds. The lowest BCUT2D eigenvalue weighted by Crippen LogP contribution is -2.74. The topological polar surface area (TPSA) is 0 Å². The molecule has 0 atom stereocenters. The van der Waals surface area contributed by atoms with E-state index in [0.717, 1.165) is 0 Å². The molecule has 0 aliphatic heterocycles. The largest absolute Gasteiger partial charge is 0.460 e. The molecule has 0 spiro atoms. The molecule has 0 aliphatic rings. The number of hydrogen-bond acceptors (Lipinski definition) is 0. The van der Waals surface area contributed by atoms with Crippen LogP contribution in [0.4, 0.5) is 79.0 Å². The van der Waals surface area contributed by atoms with Crippen molar-refractivity contribution in [3.8, 4) is 0 Å². The molecule has 0 fully saturated rings. The highest BCUT2D eigenvalue weighted by Gasteiger charge is 2.95. The van der Waals surface area contributed by atoms with Crippen molar-refractivity contribution in [3.05, 3.63) is 12.4 Å². The van der Waals surface area contributed by atoms with E-state index in [0.29, 0.717) is 0 Å². The van der Waals surface area contributed by atoms with Crippen LogP contribution in [0.25, 0.3) is 0 Å². The zero-order chi connectivity index (χ0) is 23.4. The molecule has 168 valence electrons. The van der Waals surface area contributed by atoms with E-state index in [2.05, 4.69) is 0 Å². The van der Waals surface area contributed by atoms with E-state index in [1.54, 1.807) is 0 Å². The van der Waals surface area contributed by atoms with Crippen LogP contribution in [0.15, 0.2) is 12.4 Å². The molecule has 0 unspecified atom stereocenters. The van der Waals surface area contributed by atoms with Crippen molar-refractivity contribution in [2.75, 3.05) is 0 Å². The minimum atomic E-state index is -8.68. The van der Waals surface area contributed by atoms with Crippen LogP contribution in [-0.2, 0) is 0 Å². The third-order valence-electron chi connectivity index (χ3n) is 3.02. The predicted octanol–water partition coefficient (Wildman–Crippen LogP) is 6.48. The first-order chi connectivity index (χ1) is 11.8. The normalized spacial score (nSPS) is 16.8. The number of halogens is 18. The summed E-state index contributed by atoms with van der Waals surface area (Å²) in [6, 6.07) is 0. The standard InChI is InChI=1S/C10H2F18/c11-2-1-3(12,13)4(14,15)5(16,17)6(18,19)7(20,21)8(22,23)9(24,25)10(26,27)28/h1-2H. The van der Waals surface area contributed by atoms with Crippen molar-refractivity contribution in [1.29, 1.82) is 0 Å². The molecule has 0 aromatic carbocycles. The van der Waals surface area contributed by atoms with Gasteiger partial charge in [0.15, 0.2) is 0 Å². The molecule has 0 aromatic rings. The summed E-state index contributed by atoms with van der Waals surface area (Å²) in [5.41, 5.74) is 0. The highest BCUT2D eigenvalue weighted by Crippen LogP contribution is 2.63. The van der Waals surface area contributed by atoms with Gasteiger partial charge in [0.2, 0.25) is 0 Å². The summed E-state index contributed by atoms with van der Waals surface area (Å²) >= 11 is 0. The van der Waals surface area contributed by atoms with Gasteiger partial charge in [0, 0.05) is 6.08 Å². The predicted molar refractivity (Wildman–Crippen MR) is 50.9 cm³/mol. The van der Waals surface area contributed by atoms with Gasteiger partial charge in [-0.2, -0.15) is 74.6 Å². The Balaban J connectivity index is 6.72. The van der Waals surface area contributed by atoms with Gasteiger partial charge in [-0.3, -0.25) is 0 Å². The minimum Gasteiger partial charge on any atom is -0.216 e. The summed E-state index contributed by atoms with van der Waals surface area (Å²) in [5.74, 6) is -57.2. The summed E-state index contributed by atoms with van der Waals surface area (Å²) in [5, 5.41) is 0. The van der Waals surface area contributed by atoms with Gasteiger partial charge in [-0.15, -0.1) is 0 Å². The molecule has 0 heterocycles. The van der Waals surface area contributed by atoms with E-state index in [1.165, 1.54) is 0 Å². The Kier molecular flexibility index (Phi) is 6.14. The second-order valence-electron chi connectivity index (χ2n) is 4.86. The molecule has 0 aromatic heterocycles. The number of alkyl halides is 17. The Morgan fingerprint density at radius 3 is 0.857 bits per heavy atom. The molecule has 0 nitrogen and oxygen atoms in total. The maximum atomic E-state index is 13.0. The van der Waals surface area contributed by atoms with Crippen LogP contribution in [-0.4, -0.2) is 47.6 Å². The van der Waals surface area contributed by atoms with E-state index in [1.807, 2.05) is 0 Å². The SMILES string of the molecule is FC=CC(F)(F)C(F)(F)C(F)(F)C(F)(F)C(F)(F)C(F)(F)C(F)(F)C(F)(F)F. The van der Waals surface area contributed by atoms with Gasteiger partial charge >= 0.3 is 47.6 Å². The summed E-state index contributed by atoms with van der Waals surface area (Å²) in [7, 11) is 0. The Morgan fingerprint density at radius 2 is 0.607 bits per heavy atom. The molecule has 0 N–H and O–H groups in total. The second kappa shape index (κ2) is 6.50. The maximum Gasteiger partial charge on any atom is 0.460 e. The highest BCUT2D eigenvalue weighted by molar-refractivity contribution is 5.17. The molecule has 0 saturated carbocycles. The monoisotopic (exact) mass is 464 g/mol. The van der Waals surface area contributed by atoms with Crippen molar-refractivity contribution >= 4 is 0 Å². The number of rotatable bonds is 7. The van der Waals surface area contributed by atoms with Crippen molar-refractivity contribution in [3.63, 3.8) is 0 Å². The zero-order valence-electron chi connectivity index (χ0n) is 12.0. The molecule has 0 rings (SSSR count). The van der Waals surface area contributed by atoms with Crippen molar-refractivity contribution in [2.45, 2.75) is 47.6 Å². The van der Waals surface area contributed by atoms with Crippen LogP contribution in [0.5, 0.6) is 0 Å². The first kappa shape index (κ1) is 26.5. The fourth-order valence-corrected chi connectivity index (χ4v) is 1.36. The smallest absolute Gasteiger partial charge is 0.216 e. The van der Waals surface area contributed by atoms with E-state index in [-0.39, 0.29) is 0 Å². The lowest BCUT2D eigenvalue weighted by atomic mass is 9.89. The average Bonchev–Trinajstić information content (AvgIpc) is 2.44. The van der Waals surface area contributed by atoms with E-state index >= 15 is 0 Å². The Hall–Kier alpha value is -1.52. The van der Waals surface area contributed by atoms with Gasteiger partial charge in [0.05, 0.1) is 6.33 Å². The fourth-order valence-electron chi connectivity index (χ4n) is 1.36. The van der Waals surface area contributed by atoms with E-state index in [9.17, 15) is 79.0 Å². The van der Waals surface area contributed by atoms with Gasteiger partial charge in [-0.1, -0.05) is 0 Å². The first-order valence-electron chi connectivity index (χ1n) is 5.80. The van der Waals surface area contributed by atoms with Crippen LogP contribution in [0, 0.1) is 0 Å². The fraction of sp³-hybridized carbons (Fsp3) is 0.800.